The lowest BCUT2D eigenvalue weighted by molar-refractivity contribution is 0.391. The van der Waals surface area contributed by atoms with E-state index in [9.17, 15) is 0 Å². The van der Waals surface area contributed by atoms with Gasteiger partial charge in [-0.05, 0) is 38.1 Å². The van der Waals surface area contributed by atoms with Gasteiger partial charge in [-0.1, -0.05) is 39.5 Å². The molecule has 2 rings (SSSR count). The van der Waals surface area contributed by atoms with Crippen molar-refractivity contribution in [1.82, 2.24) is 14.9 Å². The van der Waals surface area contributed by atoms with Gasteiger partial charge in [0.05, 0.1) is 6.04 Å². The van der Waals surface area contributed by atoms with Crippen molar-refractivity contribution in [3.8, 4) is 0 Å². The molecule has 0 amide bonds. The molecule has 1 fully saturated rings. The zero-order valence-corrected chi connectivity index (χ0v) is 13.3. The first-order chi connectivity index (χ1) is 9.85. The van der Waals surface area contributed by atoms with Crippen LogP contribution in [-0.2, 0) is 6.54 Å². The molecule has 1 unspecified atom stereocenters. The van der Waals surface area contributed by atoms with E-state index in [1.54, 1.807) is 0 Å². The molecule has 0 aromatic carbocycles. The lowest BCUT2D eigenvalue weighted by Gasteiger charge is -2.21. The molecule has 0 radical (unpaired) electrons. The minimum atomic E-state index is 0.442. The van der Waals surface area contributed by atoms with Gasteiger partial charge >= 0.3 is 0 Å². The quantitative estimate of drug-likeness (QED) is 0.729. The fourth-order valence-electron chi connectivity index (χ4n) is 3.40. The summed E-state index contributed by atoms with van der Waals surface area (Å²) in [7, 11) is 0. The Morgan fingerprint density at radius 1 is 1.30 bits per heavy atom. The molecule has 1 heterocycles. The molecule has 1 atom stereocenters. The van der Waals surface area contributed by atoms with Gasteiger partial charge in [0.15, 0.2) is 0 Å². The first kappa shape index (κ1) is 15.6. The van der Waals surface area contributed by atoms with Crippen molar-refractivity contribution < 1.29 is 0 Å². The maximum absolute atomic E-state index is 4.63. The summed E-state index contributed by atoms with van der Waals surface area (Å²) in [5.74, 6) is 2.22. The van der Waals surface area contributed by atoms with Gasteiger partial charge < -0.3 is 9.88 Å². The van der Waals surface area contributed by atoms with Gasteiger partial charge in [-0.25, -0.2) is 4.98 Å². The smallest absolute Gasteiger partial charge is 0.125 e. The number of nitrogens with one attached hydrogen (secondary N) is 1. The molecule has 1 aliphatic rings. The molecule has 1 saturated carbocycles. The SMILES string of the molecule is CCCNC(CCC1CCCC1)c1nccn1CCC. The van der Waals surface area contributed by atoms with Crippen molar-refractivity contribution in [2.75, 3.05) is 6.54 Å². The van der Waals surface area contributed by atoms with E-state index in [1.807, 2.05) is 6.20 Å². The molecule has 3 nitrogen and oxygen atoms in total. The van der Waals surface area contributed by atoms with Crippen molar-refractivity contribution in [3.05, 3.63) is 18.2 Å². The Labute approximate surface area is 124 Å². The number of rotatable bonds is 9. The maximum atomic E-state index is 4.63. The Bertz CT molecular complexity index is 366. The second kappa shape index (κ2) is 8.46. The predicted octanol–water partition coefficient (Wildman–Crippen LogP) is 4.30. The van der Waals surface area contributed by atoms with E-state index in [4.69, 9.17) is 0 Å². The van der Waals surface area contributed by atoms with E-state index < -0.39 is 0 Å². The van der Waals surface area contributed by atoms with Crippen LogP contribution in [-0.4, -0.2) is 16.1 Å². The second-order valence-electron chi connectivity index (χ2n) is 6.21. The van der Waals surface area contributed by atoms with Crippen molar-refractivity contribution in [3.63, 3.8) is 0 Å². The van der Waals surface area contributed by atoms with Crippen molar-refractivity contribution in [2.45, 2.75) is 77.8 Å². The molecule has 3 heteroatoms. The van der Waals surface area contributed by atoms with Crippen molar-refractivity contribution in [2.24, 2.45) is 5.92 Å². The summed E-state index contributed by atoms with van der Waals surface area (Å²) in [6.07, 6.45) is 14.8. The molecule has 1 aromatic heterocycles. The molecule has 1 N–H and O–H groups in total. The van der Waals surface area contributed by atoms with Crippen LogP contribution in [0.15, 0.2) is 12.4 Å². The van der Waals surface area contributed by atoms with Crippen LogP contribution in [0.4, 0.5) is 0 Å². The highest BCUT2D eigenvalue weighted by Gasteiger charge is 2.20. The number of aromatic nitrogens is 2. The molecule has 0 bridgehead atoms. The molecular weight excluding hydrogens is 246 g/mol. The summed E-state index contributed by atoms with van der Waals surface area (Å²) in [6, 6.07) is 0.442. The number of hydrogen-bond donors (Lipinski definition) is 1. The largest absolute Gasteiger partial charge is 0.334 e. The summed E-state index contributed by atoms with van der Waals surface area (Å²) in [6.45, 7) is 6.65. The Morgan fingerprint density at radius 2 is 2.10 bits per heavy atom. The summed E-state index contributed by atoms with van der Waals surface area (Å²) in [4.78, 5) is 4.63. The Hall–Kier alpha value is -0.830. The van der Waals surface area contributed by atoms with Gasteiger partial charge in [-0.2, -0.15) is 0 Å². The summed E-state index contributed by atoms with van der Waals surface area (Å²) >= 11 is 0. The third kappa shape index (κ3) is 4.34. The first-order valence-electron chi connectivity index (χ1n) is 8.59. The fourth-order valence-corrected chi connectivity index (χ4v) is 3.40. The standard InChI is InChI=1S/C17H31N3/c1-3-11-18-16(10-9-15-7-5-6-8-15)17-19-12-14-20(17)13-4-2/h12,14-16,18H,3-11,13H2,1-2H3. The Kier molecular flexibility index (Phi) is 6.58. The van der Waals surface area contributed by atoms with Crippen LogP contribution >= 0.6 is 0 Å². The normalized spacial score (nSPS) is 17.7. The minimum absolute atomic E-state index is 0.442. The van der Waals surface area contributed by atoms with E-state index in [1.165, 1.54) is 57.2 Å². The van der Waals surface area contributed by atoms with Crippen LogP contribution in [0.2, 0.25) is 0 Å². The van der Waals surface area contributed by atoms with E-state index in [-0.39, 0.29) is 0 Å². The van der Waals surface area contributed by atoms with Crippen LogP contribution in [0.25, 0.3) is 0 Å². The van der Waals surface area contributed by atoms with Crippen molar-refractivity contribution in [1.29, 1.82) is 0 Å². The van der Waals surface area contributed by atoms with Gasteiger partial charge in [-0.3, -0.25) is 0 Å². The van der Waals surface area contributed by atoms with E-state index >= 15 is 0 Å². The highest BCUT2D eigenvalue weighted by molar-refractivity contribution is 5.00. The van der Waals surface area contributed by atoms with Gasteiger partial charge in [0.25, 0.3) is 0 Å². The van der Waals surface area contributed by atoms with Crippen LogP contribution in [0.1, 0.15) is 77.1 Å². The maximum Gasteiger partial charge on any atom is 0.125 e. The third-order valence-electron chi connectivity index (χ3n) is 4.50. The van der Waals surface area contributed by atoms with E-state index in [0.29, 0.717) is 6.04 Å². The molecular formula is C17H31N3. The number of imidazole rings is 1. The predicted molar refractivity (Wildman–Crippen MR) is 84.7 cm³/mol. The van der Waals surface area contributed by atoms with Gasteiger partial charge in [0, 0.05) is 18.9 Å². The Balaban J connectivity index is 1.95. The zero-order chi connectivity index (χ0) is 14.2. The molecule has 114 valence electrons. The summed E-state index contributed by atoms with van der Waals surface area (Å²) in [5, 5.41) is 3.71. The highest BCUT2D eigenvalue weighted by atomic mass is 15.1. The Morgan fingerprint density at radius 3 is 2.80 bits per heavy atom. The lowest BCUT2D eigenvalue weighted by Crippen LogP contribution is -2.26. The molecule has 0 saturated heterocycles. The lowest BCUT2D eigenvalue weighted by atomic mass is 9.98. The van der Waals surface area contributed by atoms with E-state index in [0.717, 1.165) is 19.0 Å². The summed E-state index contributed by atoms with van der Waals surface area (Å²) < 4.78 is 2.34. The summed E-state index contributed by atoms with van der Waals surface area (Å²) in [5.41, 5.74) is 0. The number of aryl methyl sites for hydroxylation is 1. The third-order valence-corrected chi connectivity index (χ3v) is 4.50. The van der Waals surface area contributed by atoms with Gasteiger partial charge in [-0.15, -0.1) is 0 Å². The number of nitrogens with zero attached hydrogens (tertiary/aromatic N) is 2. The van der Waals surface area contributed by atoms with E-state index in [2.05, 4.69) is 34.9 Å². The first-order valence-corrected chi connectivity index (χ1v) is 8.59. The topological polar surface area (TPSA) is 29.9 Å². The van der Waals surface area contributed by atoms with Crippen LogP contribution in [0.3, 0.4) is 0 Å². The van der Waals surface area contributed by atoms with Crippen LogP contribution in [0.5, 0.6) is 0 Å². The number of hydrogen-bond acceptors (Lipinski definition) is 2. The average molecular weight is 277 g/mol. The zero-order valence-electron chi connectivity index (χ0n) is 13.3. The highest BCUT2D eigenvalue weighted by Crippen LogP contribution is 2.31. The van der Waals surface area contributed by atoms with Gasteiger partial charge in [0.2, 0.25) is 0 Å². The van der Waals surface area contributed by atoms with Crippen LogP contribution < -0.4 is 5.32 Å². The molecule has 1 aliphatic carbocycles. The monoisotopic (exact) mass is 277 g/mol. The molecule has 0 aliphatic heterocycles. The van der Waals surface area contributed by atoms with Crippen LogP contribution in [0, 0.1) is 5.92 Å². The van der Waals surface area contributed by atoms with Gasteiger partial charge in [0.1, 0.15) is 5.82 Å². The van der Waals surface area contributed by atoms with Crippen molar-refractivity contribution >= 4 is 0 Å². The molecule has 0 spiro atoms. The molecule has 20 heavy (non-hydrogen) atoms. The second-order valence-corrected chi connectivity index (χ2v) is 6.21. The minimum Gasteiger partial charge on any atom is -0.334 e. The average Bonchev–Trinajstić information content (AvgIpc) is 3.11. The molecule has 1 aromatic rings. The fraction of sp³-hybridized carbons (Fsp3) is 0.824.